The highest BCUT2D eigenvalue weighted by molar-refractivity contribution is 5.93. The van der Waals surface area contributed by atoms with E-state index in [1.165, 1.54) is 0 Å². The molecule has 10 rings (SSSR count). The number of fused-ring (bicyclic) bond motifs is 2. The fourth-order valence-corrected chi connectivity index (χ4v) is 10.9. The molecule has 17 heteroatoms. The number of pyridine rings is 3. The summed E-state index contributed by atoms with van der Waals surface area (Å²) >= 11 is 0. The van der Waals surface area contributed by atoms with E-state index in [0.29, 0.717) is 96.2 Å². The smallest absolute Gasteiger partial charge is 0.229 e. The Kier molecular flexibility index (Phi) is 16.1. The molecule has 4 aliphatic heterocycles. The lowest BCUT2D eigenvalue weighted by atomic mass is 9.95. The fraction of sp³-hybridized carbons (Fsp3) is 0.542. The fourth-order valence-electron chi connectivity index (χ4n) is 10.9. The van der Waals surface area contributed by atoms with E-state index < -0.39 is 11.2 Å². The molecule has 0 N–H and O–H groups in total. The number of benzene rings is 2. The molecule has 4 atom stereocenters. The van der Waals surface area contributed by atoms with Crippen molar-refractivity contribution in [2.75, 3.05) is 119 Å². The molecule has 2 aromatic carbocycles. The van der Waals surface area contributed by atoms with Crippen molar-refractivity contribution >= 4 is 45.3 Å². The molecule has 0 aliphatic carbocycles. The van der Waals surface area contributed by atoms with Crippen molar-refractivity contribution in [2.24, 2.45) is 0 Å². The van der Waals surface area contributed by atoms with Gasteiger partial charge in [0, 0.05) is 66.8 Å². The third-order valence-corrected chi connectivity index (χ3v) is 15.4. The maximum Gasteiger partial charge on any atom is 0.229 e. The van der Waals surface area contributed by atoms with E-state index in [9.17, 15) is 0 Å². The lowest BCUT2D eigenvalue weighted by molar-refractivity contribution is -0.0779. The van der Waals surface area contributed by atoms with Crippen molar-refractivity contribution < 1.29 is 37.9 Å². The van der Waals surface area contributed by atoms with Crippen LogP contribution in [0.15, 0.2) is 66.7 Å². The van der Waals surface area contributed by atoms with Gasteiger partial charge in [0.25, 0.3) is 0 Å². The molecule has 0 amide bonds. The van der Waals surface area contributed by atoms with Gasteiger partial charge < -0.3 is 57.5 Å². The van der Waals surface area contributed by atoms with E-state index in [-0.39, 0.29) is 24.2 Å². The van der Waals surface area contributed by atoms with Gasteiger partial charge in [-0.25, -0.2) is 15.0 Å². The molecule has 6 aromatic rings. The van der Waals surface area contributed by atoms with Crippen LogP contribution in [0.25, 0.3) is 44.6 Å². The normalized spacial score (nSPS) is 20.9. The highest BCUT2D eigenvalue weighted by atomic mass is 16.5. The zero-order valence-corrected chi connectivity index (χ0v) is 46.3. The third-order valence-electron chi connectivity index (χ3n) is 15.4. The number of rotatable bonds is 17. The van der Waals surface area contributed by atoms with E-state index in [1.54, 1.807) is 14.2 Å². The first-order chi connectivity index (χ1) is 36.7. The number of nitrogens with zero attached hydrogens (tertiary/aromatic N) is 9. The van der Waals surface area contributed by atoms with Crippen LogP contribution < -0.4 is 29.1 Å². The Hall–Kier alpha value is -5.95. The zero-order chi connectivity index (χ0) is 53.1. The standard InChI is InChI=1S/C59H77N9O8/c1-38-33-71-25-20-65(38)50-31-53(66-21-26-72-34-39(66)2)62-54-46(50)13-15-48(60-54)43-12-18-52(70-10)45(30-43)37-76-58(5,6)19-24-75-59(7,8)32-44-29-42(11-17-51(44)69-9)49-16-14-47-55(61-49)63-57(68-23-28-74-36-41(68)4)64-56(47)67-22-27-73-35-40(67)3/h11-18,29-31,38-41H,19-28,32-37H2,1-10H3/t38-,39-,40-,41-/m1/s1. The van der Waals surface area contributed by atoms with Crippen molar-refractivity contribution in [3.63, 3.8) is 0 Å². The maximum atomic E-state index is 6.69. The molecule has 0 spiro atoms. The number of aromatic nitrogens is 5. The number of morpholine rings is 4. The minimum absolute atomic E-state index is 0.142. The Bertz CT molecular complexity index is 2990. The minimum Gasteiger partial charge on any atom is -0.496 e. The largest absolute Gasteiger partial charge is 0.496 e. The van der Waals surface area contributed by atoms with Gasteiger partial charge in [-0.15, -0.1) is 0 Å². The van der Waals surface area contributed by atoms with Crippen molar-refractivity contribution in [2.45, 2.75) is 110 Å². The molecule has 8 heterocycles. The first kappa shape index (κ1) is 53.4. The summed E-state index contributed by atoms with van der Waals surface area (Å²) in [4.78, 5) is 35.3. The molecular formula is C59H77N9O8. The molecule has 4 aromatic heterocycles. The number of ether oxygens (including phenoxy) is 8. The summed E-state index contributed by atoms with van der Waals surface area (Å²) in [5.41, 5.74) is 7.01. The van der Waals surface area contributed by atoms with Gasteiger partial charge in [0.15, 0.2) is 11.3 Å². The molecule has 0 radical (unpaired) electrons. The first-order valence-corrected chi connectivity index (χ1v) is 27.2. The van der Waals surface area contributed by atoms with Crippen LogP contribution >= 0.6 is 0 Å². The predicted molar refractivity (Wildman–Crippen MR) is 299 cm³/mol. The molecule has 4 saturated heterocycles. The first-order valence-electron chi connectivity index (χ1n) is 27.2. The van der Waals surface area contributed by atoms with Crippen LogP contribution in [0.5, 0.6) is 11.5 Å². The van der Waals surface area contributed by atoms with Gasteiger partial charge in [0.2, 0.25) is 5.95 Å². The summed E-state index contributed by atoms with van der Waals surface area (Å²) in [6.07, 6.45) is 1.28. The molecule has 76 heavy (non-hydrogen) atoms. The summed E-state index contributed by atoms with van der Waals surface area (Å²) in [7, 11) is 3.41. The second-order valence-corrected chi connectivity index (χ2v) is 22.1. The average Bonchev–Trinajstić information content (AvgIpc) is 3.43. The Morgan fingerprint density at radius 1 is 0.526 bits per heavy atom. The molecule has 0 unspecified atom stereocenters. The Labute approximate surface area is 448 Å². The molecule has 4 aliphatic rings. The van der Waals surface area contributed by atoms with Gasteiger partial charge >= 0.3 is 0 Å². The highest BCUT2D eigenvalue weighted by Crippen LogP contribution is 2.37. The second-order valence-electron chi connectivity index (χ2n) is 22.1. The molecule has 17 nitrogen and oxygen atoms in total. The van der Waals surface area contributed by atoms with Crippen molar-refractivity contribution in [1.82, 2.24) is 24.9 Å². The predicted octanol–water partition coefficient (Wildman–Crippen LogP) is 8.94. The maximum absolute atomic E-state index is 6.69. The van der Waals surface area contributed by atoms with Crippen LogP contribution in [0.4, 0.5) is 23.3 Å². The van der Waals surface area contributed by atoms with E-state index in [4.69, 9.17) is 62.8 Å². The van der Waals surface area contributed by atoms with E-state index in [1.807, 2.05) is 12.1 Å². The summed E-state index contributed by atoms with van der Waals surface area (Å²) in [6.45, 7) is 26.3. The monoisotopic (exact) mass is 1040 g/mol. The minimum atomic E-state index is -0.527. The highest BCUT2D eigenvalue weighted by Gasteiger charge is 2.31. The molecular weight excluding hydrogens is 963 g/mol. The molecule has 406 valence electrons. The summed E-state index contributed by atoms with van der Waals surface area (Å²) in [5, 5.41) is 1.94. The number of anilines is 4. The van der Waals surface area contributed by atoms with Gasteiger partial charge in [-0.05, 0) is 128 Å². The summed E-state index contributed by atoms with van der Waals surface area (Å²) < 4.78 is 48.4. The van der Waals surface area contributed by atoms with Crippen molar-refractivity contribution in [1.29, 1.82) is 0 Å². The van der Waals surface area contributed by atoms with Gasteiger partial charge in [-0.2, -0.15) is 9.97 Å². The van der Waals surface area contributed by atoms with Crippen LogP contribution in [0, 0.1) is 0 Å². The summed E-state index contributed by atoms with van der Waals surface area (Å²) in [5.74, 6) is 4.03. The Balaban J connectivity index is 0.823. The number of methoxy groups -OCH3 is 2. The Morgan fingerprint density at radius 3 is 1.64 bits per heavy atom. The Morgan fingerprint density at radius 2 is 1.05 bits per heavy atom. The summed E-state index contributed by atoms with van der Waals surface area (Å²) in [6, 6.07) is 23.8. The van der Waals surface area contributed by atoms with Gasteiger partial charge in [-0.1, -0.05) is 0 Å². The van der Waals surface area contributed by atoms with Gasteiger partial charge in [0.05, 0.1) is 132 Å². The van der Waals surface area contributed by atoms with E-state index in [0.717, 1.165) is 99.4 Å². The topological polar surface area (TPSA) is 151 Å². The van der Waals surface area contributed by atoms with Crippen LogP contribution in [0.2, 0.25) is 0 Å². The number of hydrogen-bond acceptors (Lipinski definition) is 17. The molecule has 0 saturated carbocycles. The third kappa shape index (κ3) is 11.8. The lowest BCUT2D eigenvalue weighted by Gasteiger charge is -2.38. The number of hydrogen-bond donors (Lipinski definition) is 0. The quantitative estimate of drug-likeness (QED) is 0.0854. The molecule has 4 fully saturated rings. The van der Waals surface area contributed by atoms with Crippen molar-refractivity contribution in [3.8, 4) is 34.0 Å². The SMILES string of the molecule is COc1ccc(-c2ccc3c(N4CCOC[C@H]4C)cc(N4CCOC[C@H]4C)nc3n2)cc1COC(C)(C)CCOC(C)(C)Cc1cc(-c2ccc3c(N4CCOC[C@H]4C)nc(N4CCOC[C@H]4C)nc3n2)ccc1OC. The van der Waals surface area contributed by atoms with Crippen LogP contribution in [0.1, 0.15) is 72.9 Å². The lowest BCUT2D eigenvalue weighted by Crippen LogP contribution is -2.46. The van der Waals surface area contributed by atoms with Crippen LogP contribution in [0.3, 0.4) is 0 Å². The average molecular weight is 1040 g/mol. The van der Waals surface area contributed by atoms with Gasteiger partial charge in [-0.3, -0.25) is 0 Å². The van der Waals surface area contributed by atoms with E-state index >= 15 is 0 Å². The van der Waals surface area contributed by atoms with Crippen molar-refractivity contribution in [3.05, 3.63) is 77.9 Å². The van der Waals surface area contributed by atoms with Crippen LogP contribution in [-0.2, 0) is 41.4 Å². The van der Waals surface area contributed by atoms with Crippen LogP contribution in [-0.4, -0.2) is 160 Å². The van der Waals surface area contributed by atoms with Gasteiger partial charge in [0.1, 0.15) is 23.1 Å². The van der Waals surface area contributed by atoms with E-state index in [2.05, 4.69) is 130 Å². The second kappa shape index (κ2) is 22.9. The zero-order valence-electron chi connectivity index (χ0n) is 46.3. The molecule has 0 bridgehead atoms.